The Morgan fingerprint density at radius 2 is 1.89 bits per heavy atom. The number of nitrogens with zero attached hydrogens (tertiary/aromatic N) is 4. The van der Waals surface area contributed by atoms with Crippen molar-refractivity contribution in [1.29, 1.82) is 0 Å². The smallest absolute Gasteiger partial charge is 0.257 e. The van der Waals surface area contributed by atoms with Gasteiger partial charge in [-0.05, 0) is 35.7 Å². The molecule has 176 valence electrons. The number of methoxy groups -OCH3 is 2. The highest BCUT2D eigenvalue weighted by molar-refractivity contribution is 7.09. The Balaban J connectivity index is 1.63. The number of thiophene rings is 1. The number of amides is 1. The number of hydrogen-bond donors (Lipinski definition) is 2. The molecule has 3 heterocycles. The molecule has 0 atom stereocenters. The molecule has 5 rings (SSSR count). The highest BCUT2D eigenvalue weighted by atomic mass is 32.1. The van der Waals surface area contributed by atoms with Gasteiger partial charge in [0.15, 0.2) is 17.1 Å². The summed E-state index contributed by atoms with van der Waals surface area (Å²) in [6.45, 7) is 0.383. The quantitative estimate of drug-likeness (QED) is 0.335. The number of carbonyl (C=O) groups excluding carboxylic acids is 1. The molecule has 2 aromatic carbocycles. The Morgan fingerprint density at radius 1 is 1.09 bits per heavy atom. The summed E-state index contributed by atoms with van der Waals surface area (Å²) >= 11 is 1.56. The molecule has 0 aliphatic heterocycles. The van der Waals surface area contributed by atoms with Gasteiger partial charge in [-0.1, -0.05) is 24.3 Å². The summed E-state index contributed by atoms with van der Waals surface area (Å²) in [5.41, 5.74) is 9.44. The maximum atomic E-state index is 13.2. The van der Waals surface area contributed by atoms with Crippen molar-refractivity contribution in [3.63, 3.8) is 0 Å². The fraction of sp³-hybridized carbons (Fsp3) is 0.120. The van der Waals surface area contributed by atoms with Crippen LogP contribution in [0.5, 0.6) is 11.5 Å². The minimum Gasteiger partial charge on any atom is -0.493 e. The van der Waals surface area contributed by atoms with Crippen molar-refractivity contribution in [3.8, 4) is 11.5 Å². The Hall–Kier alpha value is -4.44. The van der Waals surface area contributed by atoms with E-state index in [0.717, 1.165) is 4.88 Å². The van der Waals surface area contributed by atoms with Gasteiger partial charge in [0.1, 0.15) is 16.9 Å². The molecule has 3 N–H and O–H groups in total. The van der Waals surface area contributed by atoms with Crippen molar-refractivity contribution in [1.82, 2.24) is 20.0 Å². The molecule has 9 nitrogen and oxygen atoms in total. The molecule has 0 aliphatic rings. The average Bonchev–Trinajstić information content (AvgIpc) is 3.50. The maximum absolute atomic E-state index is 13.2. The Kier molecular flexibility index (Phi) is 6.02. The number of benzene rings is 2. The molecule has 3 aromatic heterocycles. The van der Waals surface area contributed by atoms with Crippen LogP contribution in [-0.2, 0) is 6.54 Å². The Bertz CT molecular complexity index is 1560. The van der Waals surface area contributed by atoms with Gasteiger partial charge < -0.3 is 20.5 Å². The van der Waals surface area contributed by atoms with Crippen LogP contribution in [-0.4, -0.2) is 41.0 Å². The highest BCUT2D eigenvalue weighted by Crippen LogP contribution is 2.31. The highest BCUT2D eigenvalue weighted by Gasteiger charge is 2.24. The fourth-order valence-electron chi connectivity index (χ4n) is 3.79. The van der Waals surface area contributed by atoms with E-state index in [4.69, 9.17) is 25.2 Å². The molecular formula is C25H22N6O3S. The van der Waals surface area contributed by atoms with Crippen LogP contribution in [0.2, 0.25) is 0 Å². The lowest BCUT2D eigenvalue weighted by Crippen LogP contribution is -2.23. The first-order chi connectivity index (χ1) is 17.1. The van der Waals surface area contributed by atoms with Crippen LogP contribution < -0.4 is 20.5 Å². The molecule has 0 unspecified atom stereocenters. The molecule has 0 aliphatic carbocycles. The lowest BCUT2D eigenvalue weighted by Gasteiger charge is -2.09. The number of fused-ring (bicyclic) bond motifs is 2. The zero-order valence-corrected chi connectivity index (χ0v) is 19.9. The molecular weight excluding hydrogens is 464 g/mol. The minimum absolute atomic E-state index is 0.136. The van der Waals surface area contributed by atoms with Crippen molar-refractivity contribution in [2.24, 2.45) is 5.10 Å². The third-order valence-electron chi connectivity index (χ3n) is 5.45. The maximum Gasteiger partial charge on any atom is 0.257 e. The monoisotopic (exact) mass is 486 g/mol. The average molecular weight is 487 g/mol. The van der Waals surface area contributed by atoms with E-state index in [1.807, 2.05) is 53.9 Å². The van der Waals surface area contributed by atoms with Crippen LogP contribution in [0, 0.1) is 0 Å². The molecule has 0 spiro atoms. The largest absolute Gasteiger partial charge is 0.493 e. The minimum atomic E-state index is -0.349. The van der Waals surface area contributed by atoms with Crippen molar-refractivity contribution < 1.29 is 14.3 Å². The Labute approximate surface area is 204 Å². The zero-order chi connectivity index (χ0) is 24.4. The predicted octanol–water partition coefficient (Wildman–Crippen LogP) is 4.06. The third-order valence-corrected chi connectivity index (χ3v) is 6.33. The van der Waals surface area contributed by atoms with Crippen LogP contribution in [0.3, 0.4) is 0 Å². The summed E-state index contributed by atoms with van der Waals surface area (Å²) in [7, 11) is 3.13. The number of hydrogen-bond acceptors (Lipinski definition) is 8. The first-order valence-corrected chi connectivity index (χ1v) is 11.6. The van der Waals surface area contributed by atoms with Crippen LogP contribution in [0.4, 0.5) is 5.82 Å². The number of rotatable bonds is 7. The van der Waals surface area contributed by atoms with E-state index < -0.39 is 0 Å². The van der Waals surface area contributed by atoms with Crippen molar-refractivity contribution in [3.05, 3.63) is 76.0 Å². The molecule has 0 bridgehead atoms. The second kappa shape index (κ2) is 9.43. The summed E-state index contributed by atoms with van der Waals surface area (Å²) in [4.78, 5) is 23.7. The van der Waals surface area contributed by atoms with Gasteiger partial charge in [-0.2, -0.15) is 9.78 Å². The molecule has 0 fully saturated rings. The fourth-order valence-corrected chi connectivity index (χ4v) is 4.44. The standard InChI is InChI=1S/C25H22N6O3S/c1-33-19-11-5-7-15(22(19)34-2)13-28-31-23(26)20(25(32)27-14-16-8-6-12-35-16)21-24(31)30-18-10-4-3-9-17(18)29-21/h3-13H,14,26H2,1-2H3,(H,27,32). The normalized spacial score (nSPS) is 11.4. The summed E-state index contributed by atoms with van der Waals surface area (Å²) in [5.74, 6) is 0.885. The number of nitrogens with one attached hydrogen (secondary N) is 1. The molecule has 35 heavy (non-hydrogen) atoms. The zero-order valence-electron chi connectivity index (χ0n) is 19.1. The van der Waals surface area contributed by atoms with Crippen LogP contribution in [0.1, 0.15) is 20.8 Å². The molecule has 1 amide bonds. The van der Waals surface area contributed by atoms with Gasteiger partial charge in [-0.15, -0.1) is 11.3 Å². The lowest BCUT2D eigenvalue weighted by atomic mass is 10.2. The van der Waals surface area contributed by atoms with E-state index in [1.54, 1.807) is 37.8 Å². The SMILES string of the molecule is COc1cccc(C=Nn2c(N)c(C(=O)NCc3cccs3)c3nc4ccccc4nc32)c1OC. The number of anilines is 1. The van der Waals surface area contributed by atoms with Gasteiger partial charge in [0.05, 0.1) is 38.0 Å². The summed E-state index contributed by atoms with van der Waals surface area (Å²) in [6, 6.07) is 16.8. The first kappa shape index (κ1) is 22.4. The third kappa shape index (κ3) is 4.15. The van der Waals surface area contributed by atoms with Gasteiger partial charge in [0.25, 0.3) is 5.91 Å². The number of ether oxygens (including phenoxy) is 2. The van der Waals surface area contributed by atoms with Crippen molar-refractivity contribution >= 4 is 51.5 Å². The van der Waals surface area contributed by atoms with Gasteiger partial charge in [-0.25, -0.2) is 9.97 Å². The van der Waals surface area contributed by atoms with Gasteiger partial charge in [0, 0.05) is 10.4 Å². The van der Waals surface area contributed by atoms with Gasteiger partial charge in [0.2, 0.25) is 0 Å². The molecule has 0 saturated heterocycles. The number of carbonyl (C=O) groups is 1. The van der Waals surface area contributed by atoms with E-state index in [-0.39, 0.29) is 17.3 Å². The first-order valence-electron chi connectivity index (χ1n) is 10.7. The number of nitrogen functional groups attached to an aromatic ring is 1. The molecule has 10 heteroatoms. The van der Waals surface area contributed by atoms with Gasteiger partial charge in [-0.3, -0.25) is 4.79 Å². The number of para-hydroxylation sites is 3. The molecule has 0 radical (unpaired) electrons. The van der Waals surface area contributed by atoms with E-state index in [0.29, 0.717) is 45.8 Å². The van der Waals surface area contributed by atoms with E-state index in [9.17, 15) is 4.79 Å². The van der Waals surface area contributed by atoms with Crippen molar-refractivity contribution in [2.75, 3.05) is 20.0 Å². The number of nitrogens with two attached hydrogens (primary N) is 1. The van der Waals surface area contributed by atoms with E-state index in [1.165, 1.54) is 4.68 Å². The van der Waals surface area contributed by atoms with E-state index in [2.05, 4.69) is 10.4 Å². The second-order valence-corrected chi connectivity index (χ2v) is 8.58. The van der Waals surface area contributed by atoms with Gasteiger partial charge >= 0.3 is 0 Å². The second-order valence-electron chi connectivity index (χ2n) is 7.55. The lowest BCUT2D eigenvalue weighted by molar-refractivity contribution is 0.0953. The van der Waals surface area contributed by atoms with Crippen LogP contribution in [0.15, 0.2) is 65.1 Å². The number of aromatic nitrogens is 3. The molecule has 5 aromatic rings. The Morgan fingerprint density at radius 3 is 2.60 bits per heavy atom. The summed E-state index contributed by atoms with van der Waals surface area (Å²) in [5, 5.41) is 9.44. The van der Waals surface area contributed by atoms with Crippen LogP contribution >= 0.6 is 11.3 Å². The van der Waals surface area contributed by atoms with Crippen LogP contribution in [0.25, 0.3) is 22.2 Å². The predicted molar refractivity (Wildman–Crippen MR) is 137 cm³/mol. The van der Waals surface area contributed by atoms with Crippen molar-refractivity contribution in [2.45, 2.75) is 6.54 Å². The van der Waals surface area contributed by atoms with E-state index >= 15 is 0 Å². The summed E-state index contributed by atoms with van der Waals surface area (Å²) < 4.78 is 12.3. The topological polar surface area (TPSA) is 117 Å². The summed E-state index contributed by atoms with van der Waals surface area (Å²) in [6.07, 6.45) is 1.58. The molecule has 0 saturated carbocycles.